The van der Waals surface area contributed by atoms with E-state index in [0.717, 1.165) is 5.56 Å². The molecule has 6 nitrogen and oxygen atoms in total. The van der Waals surface area contributed by atoms with Crippen LogP contribution in [0.4, 0.5) is 0 Å². The van der Waals surface area contributed by atoms with E-state index in [1.165, 1.54) is 7.11 Å². The summed E-state index contributed by atoms with van der Waals surface area (Å²) < 4.78 is 10.7. The number of halogens is 1. The van der Waals surface area contributed by atoms with Crippen LogP contribution >= 0.6 is 11.6 Å². The third-order valence-electron chi connectivity index (χ3n) is 6.06. The van der Waals surface area contributed by atoms with E-state index in [1.807, 2.05) is 30.3 Å². The van der Waals surface area contributed by atoms with Gasteiger partial charge in [-0.25, -0.2) is 4.79 Å². The summed E-state index contributed by atoms with van der Waals surface area (Å²) in [6, 6.07) is 20.6. The molecule has 2 heterocycles. The number of methoxy groups -OCH3 is 1. The van der Waals surface area contributed by atoms with Gasteiger partial charge in [0.05, 0.1) is 29.7 Å². The molecule has 4 aromatic rings. The van der Waals surface area contributed by atoms with Gasteiger partial charge >= 0.3 is 5.97 Å². The zero-order valence-corrected chi connectivity index (χ0v) is 19.0. The van der Waals surface area contributed by atoms with Crippen LogP contribution in [-0.4, -0.2) is 30.4 Å². The summed E-state index contributed by atoms with van der Waals surface area (Å²) in [4.78, 5) is 40.6. The molecule has 0 bridgehead atoms. The quantitative estimate of drug-likeness (QED) is 0.380. The fourth-order valence-electron chi connectivity index (χ4n) is 4.38. The van der Waals surface area contributed by atoms with Crippen LogP contribution in [0, 0.1) is 0 Å². The minimum Gasteiger partial charge on any atom is -0.465 e. The predicted octanol–water partition coefficient (Wildman–Crippen LogP) is 5.02. The minimum atomic E-state index is -0.655. The highest BCUT2D eigenvalue weighted by molar-refractivity contribution is 6.31. The van der Waals surface area contributed by atoms with Crippen molar-refractivity contribution in [3.8, 4) is 0 Å². The molecular weight excluding hydrogens is 454 g/mol. The largest absolute Gasteiger partial charge is 0.465 e. The number of hydrogen-bond donors (Lipinski definition) is 0. The maximum atomic E-state index is 13.6. The highest BCUT2D eigenvalue weighted by Crippen LogP contribution is 2.38. The molecule has 0 N–H and O–H groups in total. The van der Waals surface area contributed by atoms with E-state index >= 15 is 0 Å². The van der Waals surface area contributed by atoms with E-state index < -0.39 is 12.0 Å². The summed E-state index contributed by atoms with van der Waals surface area (Å²) >= 11 is 6.13. The number of carbonyl (C=O) groups is 2. The maximum Gasteiger partial charge on any atom is 0.337 e. The molecule has 0 radical (unpaired) electrons. The molecule has 5 rings (SSSR count). The van der Waals surface area contributed by atoms with E-state index in [-0.39, 0.29) is 22.7 Å². The first-order chi connectivity index (χ1) is 16.5. The molecule has 0 saturated carbocycles. The van der Waals surface area contributed by atoms with Crippen LogP contribution in [0.25, 0.3) is 11.0 Å². The number of benzene rings is 3. The van der Waals surface area contributed by atoms with E-state index in [0.29, 0.717) is 40.1 Å². The molecular formula is C27H20ClNO5. The van der Waals surface area contributed by atoms with Gasteiger partial charge in [0.1, 0.15) is 5.58 Å². The molecule has 0 aliphatic carbocycles. The number of carbonyl (C=O) groups excluding carboxylic acids is 2. The lowest BCUT2D eigenvalue weighted by atomic mass is 9.97. The lowest BCUT2D eigenvalue weighted by Crippen LogP contribution is -2.31. The predicted molar refractivity (Wildman–Crippen MR) is 128 cm³/mol. The second-order valence-corrected chi connectivity index (χ2v) is 8.50. The summed E-state index contributed by atoms with van der Waals surface area (Å²) in [5, 5.41) is 0.726. The van der Waals surface area contributed by atoms with Gasteiger partial charge in [-0.2, -0.15) is 0 Å². The van der Waals surface area contributed by atoms with E-state index in [9.17, 15) is 14.4 Å². The summed E-state index contributed by atoms with van der Waals surface area (Å²) in [5.41, 5.74) is 2.44. The normalized spacial score (nSPS) is 14.9. The number of hydrogen-bond acceptors (Lipinski definition) is 5. The molecule has 3 aromatic carbocycles. The van der Waals surface area contributed by atoms with Crippen LogP contribution in [0.3, 0.4) is 0 Å². The van der Waals surface area contributed by atoms with Crippen molar-refractivity contribution in [3.63, 3.8) is 0 Å². The van der Waals surface area contributed by atoms with Gasteiger partial charge in [-0.1, -0.05) is 54.1 Å². The third-order valence-corrected chi connectivity index (χ3v) is 6.29. The lowest BCUT2D eigenvalue weighted by molar-refractivity contribution is 0.0600. The van der Waals surface area contributed by atoms with Gasteiger partial charge < -0.3 is 14.1 Å². The summed E-state index contributed by atoms with van der Waals surface area (Å²) in [7, 11) is 1.31. The van der Waals surface area contributed by atoms with Gasteiger partial charge in [0, 0.05) is 11.6 Å². The molecule has 34 heavy (non-hydrogen) atoms. The van der Waals surface area contributed by atoms with Gasteiger partial charge in [0.25, 0.3) is 5.91 Å². The fourth-order valence-corrected chi connectivity index (χ4v) is 4.56. The lowest BCUT2D eigenvalue weighted by Gasteiger charge is -2.25. The third kappa shape index (κ3) is 3.76. The molecule has 0 fully saturated rings. The molecule has 1 aliphatic rings. The average Bonchev–Trinajstić information content (AvgIpc) is 3.15. The van der Waals surface area contributed by atoms with E-state index in [4.69, 9.17) is 20.8 Å². The zero-order valence-electron chi connectivity index (χ0n) is 18.3. The SMILES string of the molecule is COC(=O)c1ccc([C@H]2c3c(oc4ccc(Cl)cc4c3=O)C(=O)N2CCc2ccccc2)cc1. The topological polar surface area (TPSA) is 76.8 Å². The van der Waals surface area contributed by atoms with Crippen LogP contribution in [0.15, 0.2) is 82.0 Å². The minimum absolute atomic E-state index is 0.0370. The molecule has 7 heteroatoms. The number of amides is 1. The molecule has 0 spiro atoms. The van der Waals surface area contributed by atoms with Crippen molar-refractivity contribution in [3.05, 3.63) is 116 Å². The Morgan fingerprint density at radius 1 is 1.03 bits per heavy atom. The van der Waals surface area contributed by atoms with Crippen molar-refractivity contribution >= 4 is 34.4 Å². The van der Waals surface area contributed by atoms with Gasteiger partial charge in [-0.3, -0.25) is 9.59 Å². The Labute approximate surface area is 200 Å². The fraction of sp³-hybridized carbons (Fsp3) is 0.148. The summed E-state index contributed by atoms with van der Waals surface area (Å²) in [5.74, 6) is -0.771. The molecule has 1 amide bonds. The van der Waals surface area contributed by atoms with Crippen molar-refractivity contribution in [2.24, 2.45) is 0 Å². The molecule has 0 saturated heterocycles. The highest BCUT2D eigenvalue weighted by Gasteiger charge is 2.42. The average molecular weight is 474 g/mol. The summed E-state index contributed by atoms with van der Waals surface area (Å²) in [6.07, 6.45) is 0.608. The number of nitrogens with zero attached hydrogens (tertiary/aromatic N) is 1. The van der Waals surface area contributed by atoms with Crippen LogP contribution in [0.1, 0.15) is 43.6 Å². The number of ether oxygens (including phenoxy) is 1. The first-order valence-corrected chi connectivity index (χ1v) is 11.1. The van der Waals surface area contributed by atoms with Crippen molar-refractivity contribution in [1.82, 2.24) is 4.90 Å². The zero-order chi connectivity index (χ0) is 23.8. The monoisotopic (exact) mass is 473 g/mol. The van der Waals surface area contributed by atoms with Gasteiger partial charge in [-0.05, 0) is 47.9 Å². The molecule has 1 aromatic heterocycles. The Hall–Kier alpha value is -3.90. The van der Waals surface area contributed by atoms with Crippen molar-refractivity contribution in [2.75, 3.05) is 13.7 Å². The van der Waals surface area contributed by atoms with Crippen LogP contribution < -0.4 is 5.43 Å². The Bertz CT molecular complexity index is 1460. The first kappa shape index (κ1) is 21.9. The number of fused-ring (bicyclic) bond motifs is 2. The first-order valence-electron chi connectivity index (χ1n) is 10.8. The Morgan fingerprint density at radius 2 is 1.76 bits per heavy atom. The molecule has 0 unspecified atom stereocenters. The summed E-state index contributed by atoms with van der Waals surface area (Å²) in [6.45, 7) is 0.382. The van der Waals surface area contributed by atoms with Gasteiger partial charge in [-0.15, -0.1) is 0 Å². The Morgan fingerprint density at radius 3 is 2.47 bits per heavy atom. The second kappa shape index (κ2) is 8.80. The van der Waals surface area contributed by atoms with Crippen LogP contribution in [-0.2, 0) is 11.2 Å². The standard InChI is InChI=1S/C27H20ClNO5/c1-33-27(32)18-9-7-17(8-10-18)23-22-24(30)20-15-19(28)11-12-21(20)34-25(22)26(31)29(23)14-13-16-5-3-2-4-6-16/h2-12,15,23H,13-14H2,1H3/t23-/m0/s1. The molecule has 1 atom stereocenters. The van der Waals surface area contributed by atoms with Crippen molar-refractivity contribution in [2.45, 2.75) is 12.5 Å². The molecule has 1 aliphatic heterocycles. The van der Waals surface area contributed by atoms with Crippen LogP contribution in [0.5, 0.6) is 0 Å². The Balaban J connectivity index is 1.63. The second-order valence-electron chi connectivity index (χ2n) is 8.06. The highest BCUT2D eigenvalue weighted by atomic mass is 35.5. The number of rotatable bonds is 5. The van der Waals surface area contributed by atoms with Gasteiger partial charge in [0.15, 0.2) is 5.43 Å². The van der Waals surface area contributed by atoms with Crippen molar-refractivity contribution < 1.29 is 18.7 Å². The van der Waals surface area contributed by atoms with E-state index in [2.05, 4.69) is 0 Å². The Kier molecular flexibility index (Phi) is 5.67. The van der Waals surface area contributed by atoms with Crippen molar-refractivity contribution in [1.29, 1.82) is 0 Å². The molecule has 170 valence electrons. The number of esters is 1. The van der Waals surface area contributed by atoms with Crippen LogP contribution in [0.2, 0.25) is 5.02 Å². The van der Waals surface area contributed by atoms with E-state index in [1.54, 1.807) is 47.4 Å². The maximum absolute atomic E-state index is 13.6. The van der Waals surface area contributed by atoms with Gasteiger partial charge in [0.2, 0.25) is 5.76 Å². The smallest absolute Gasteiger partial charge is 0.337 e.